The van der Waals surface area contributed by atoms with Gasteiger partial charge in [0, 0.05) is 0 Å². The lowest BCUT2D eigenvalue weighted by molar-refractivity contribution is -0.198. The molecule has 0 rings (SSSR count). The van der Waals surface area contributed by atoms with Crippen LogP contribution in [-0.4, -0.2) is 39.4 Å². The summed E-state index contributed by atoms with van der Waals surface area (Å²) in [5.41, 5.74) is -5.62. The zero-order valence-electron chi connectivity index (χ0n) is 10.1. The van der Waals surface area contributed by atoms with E-state index in [4.69, 9.17) is 5.90 Å². The predicted octanol–water partition coefficient (Wildman–Crippen LogP) is -1.30. The normalized spacial score (nSPS) is 12.1. The number of rotatable bonds is 6. The molecule has 0 amide bonds. The Bertz CT molecular complexity index is 358. The number of Topliss-reactive ketones (excluding diaryl/α,β-unsaturated/α-hetero) is 4. The molecule has 0 heterocycles. The van der Waals surface area contributed by atoms with Crippen molar-refractivity contribution in [2.75, 3.05) is 0 Å². The number of hydrogen-bond acceptors (Lipinski definition) is 7. The van der Waals surface area contributed by atoms with Gasteiger partial charge in [-0.2, -0.15) is 0 Å². The highest BCUT2D eigenvalue weighted by Crippen LogP contribution is 2.30. The fourth-order valence-corrected chi connectivity index (χ4v) is 1.75. The summed E-state index contributed by atoms with van der Waals surface area (Å²) in [6.45, 7) is 3.51. The fourth-order valence-electron chi connectivity index (χ4n) is 1.75. The van der Waals surface area contributed by atoms with E-state index in [-0.39, 0.29) is 0 Å². The van der Waals surface area contributed by atoms with E-state index in [9.17, 15) is 24.3 Å². The lowest BCUT2D eigenvalue weighted by Crippen LogP contribution is -2.71. The third-order valence-corrected chi connectivity index (χ3v) is 2.70. The number of carbonyl (C=O) groups is 4. The van der Waals surface area contributed by atoms with Crippen LogP contribution in [0.3, 0.4) is 0 Å². The van der Waals surface area contributed by atoms with Gasteiger partial charge in [-0.3, -0.25) is 24.0 Å². The van der Waals surface area contributed by atoms with Crippen LogP contribution in [0.2, 0.25) is 0 Å². The monoisotopic (exact) mass is 245 g/mol. The Morgan fingerprint density at radius 1 is 0.882 bits per heavy atom. The van der Waals surface area contributed by atoms with Crippen LogP contribution in [-0.2, 0) is 24.0 Å². The van der Waals surface area contributed by atoms with Gasteiger partial charge in [-0.25, -0.2) is 5.90 Å². The van der Waals surface area contributed by atoms with Gasteiger partial charge >= 0.3 is 0 Å². The number of aliphatic hydroxyl groups is 1. The molecular weight excluding hydrogens is 230 g/mol. The van der Waals surface area contributed by atoms with Crippen molar-refractivity contribution in [1.29, 1.82) is 0 Å². The second kappa shape index (κ2) is 4.82. The minimum atomic E-state index is -2.92. The number of ketones is 4. The Balaban J connectivity index is 6.25. The molecule has 0 unspecified atom stereocenters. The molecular formula is C10H15NO6. The Morgan fingerprint density at radius 3 is 1.24 bits per heavy atom. The van der Waals surface area contributed by atoms with E-state index in [1.165, 1.54) is 0 Å². The van der Waals surface area contributed by atoms with Gasteiger partial charge in [-0.1, -0.05) is 0 Å². The van der Waals surface area contributed by atoms with Crippen molar-refractivity contribution in [3.8, 4) is 0 Å². The maximum Gasteiger partial charge on any atom is 0.246 e. The lowest BCUT2D eigenvalue weighted by atomic mass is 9.72. The first-order valence-electron chi connectivity index (χ1n) is 4.73. The van der Waals surface area contributed by atoms with Gasteiger partial charge in [0.05, 0.1) is 0 Å². The molecule has 7 nitrogen and oxygen atoms in total. The summed E-state index contributed by atoms with van der Waals surface area (Å²) in [5.74, 6) is 0.618. The molecule has 7 heteroatoms. The smallest absolute Gasteiger partial charge is 0.246 e. The van der Waals surface area contributed by atoms with E-state index in [1.807, 2.05) is 0 Å². The number of carbonyl (C=O) groups excluding carboxylic acids is 4. The van der Waals surface area contributed by atoms with E-state index in [0.717, 1.165) is 27.7 Å². The summed E-state index contributed by atoms with van der Waals surface area (Å²) in [6.07, 6.45) is 0. The lowest BCUT2D eigenvalue weighted by Gasteiger charge is -2.38. The second-order valence-electron chi connectivity index (χ2n) is 3.73. The summed E-state index contributed by atoms with van der Waals surface area (Å²) in [4.78, 5) is 50.1. The van der Waals surface area contributed by atoms with E-state index in [2.05, 4.69) is 4.84 Å². The highest BCUT2D eigenvalue weighted by Gasteiger charge is 2.65. The van der Waals surface area contributed by atoms with Gasteiger partial charge in [0.2, 0.25) is 11.2 Å². The summed E-state index contributed by atoms with van der Waals surface area (Å²) in [6, 6.07) is 0. The zero-order valence-corrected chi connectivity index (χ0v) is 10.1. The molecule has 0 saturated heterocycles. The highest BCUT2D eigenvalue weighted by atomic mass is 16.7. The molecule has 0 aliphatic carbocycles. The molecule has 0 aromatic heterocycles. The molecule has 17 heavy (non-hydrogen) atoms. The van der Waals surface area contributed by atoms with Gasteiger partial charge in [0.25, 0.3) is 0 Å². The Hall–Kier alpha value is -1.44. The molecule has 0 spiro atoms. The van der Waals surface area contributed by atoms with Gasteiger partial charge < -0.3 is 5.11 Å². The highest BCUT2D eigenvalue weighted by molar-refractivity contribution is 6.23. The maximum absolute atomic E-state index is 11.5. The van der Waals surface area contributed by atoms with Gasteiger partial charge in [0.1, 0.15) is 0 Å². The molecule has 0 aromatic carbocycles. The first-order valence-corrected chi connectivity index (χ1v) is 4.73. The molecule has 96 valence electrons. The molecule has 0 atom stereocenters. The van der Waals surface area contributed by atoms with Gasteiger partial charge in [-0.05, 0) is 27.7 Å². The molecule has 0 bridgehead atoms. The van der Waals surface area contributed by atoms with Crippen molar-refractivity contribution in [3.63, 3.8) is 0 Å². The SMILES string of the molecule is CC(=O)C(O)(C(C)=O)C(ON)(C(C)=O)C(C)=O. The van der Waals surface area contributed by atoms with Crippen LogP contribution in [0, 0.1) is 0 Å². The average molecular weight is 245 g/mol. The zero-order chi connectivity index (χ0) is 14.0. The summed E-state index contributed by atoms with van der Waals surface area (Å²) in [5, 5.41) is 10.1. The average Bonchev–Trinajstić information content (AvgIpc) is 2.16. The van der Waals surface area contributed by atoms with Crippen LogP contribution in [0.25, 0.3) is 0 Å². The third kappa shape index (κ3) is 1.92. The third-order valence-electron chi connectivity index (χ3n) is 2.70. The summed E-state index contributed by atoms with van der Waals surface area (Å²) < 4.78 is 0. The van der Waals surface area contributed by atoms with Crippen LogP contribution in [0.15, 0.2) is 0 Å². The molecule has 3 N–H and O–H groups in total. The minimum absolute atomic E-state index is 0.862. The number of hydrogen-bond donors (Lipinski definition) is 2. The van der Waals surface area contributed by atoms with Gasteiger partial charge in [0.15, 0.2) is 23.1 Å². The van der Waals surface area contributed by atoms with Crippen LogP contribution in [0.4, 0.5) is 0 Å². The van der Waals surface area contributed by atoms with E-state index in [0.29, 0.717) is 0 Å². The van der Waals surface area contributed by atoms with Crippen LogP contribution >= 0.6 is 0 Å². The molecule has 0 aliphatic heterocycles. The Labute approximate surface area is 97.9 Å². The number of nitrogens with two attached hydrogens (primary N) is 1. The second-order valence-corrected chi connectivity index (χ2v) is 3.73. The van der Waals surface area contributed by atoms with Crippen molar-refractivity contribution < 1.29 is 29.1 Å². The molecule has 0 saturated carbocycles. The van der Waals surface area contributed by atoms with Crippen molar-refractivity contribution in [3.05, 3.63) is 0 Å². The fraction of sp³-hybridized carbons (Fsp3) is 0.600. The van der Waals surface area contributed by atoms with Crippen molar-refractivity contribution >= 4 is 23.1 Å². The van der Waals surface area contributed by atoms with E-state index in [1.54, 1.807) is 0 Å². The van der Waals surface area contributed by atoms with Crippen LogP contribution < -0.4 is 5.90 Å². The van der Waals surface area contributed by atoms with Crippen molar-refractivity contribution in [2.45, 2.75) is 38.9 Å². The first kappa shape index (κ1) is 15.6. The maximum atomic E-state index is 11.5. The van der Waals surface area contributed by atoms with Crippen molar-refractivity contribution in [2.24, 2.45) is 5.90 Å². The molecule has 0 aromatic rings. The Morgan fingerprint density at radius 2 is 1.18 bits per heavy atom. The first-order chi connectivity index (χ1) is 7.58. The van der Waals surface area contributed by atoms with Gasteiger partial charge in [-0.15, -0.1) is 0 Å². The molecule has 0 radical (unpaired) electrons. The van der Waals surface area contributed by atoms with Crippen LogP contribution in [0.5, 0.6) is 0 Å². The standard InChI is InChI=1S/C10H15NO6/c1-5(12)9(16,6(2)13)10(17-11,7(3)14)8(4)15/h16H,11H2,1-4H3. The van der Waals surface area contributed by atoms with E-state index >= 15 is 0 Å². The summed E-state index contributed by atoms with van der Waals surface area (Å²) in [7, 11) is 0. The quantitative estimate of drug-likeness (QED) is 0.440. The molecule has 0 aliphatic rings. The van der Waals surface area contributed by atoms with Crippen molar-refractivity contribution in [1.82, 2.24) is 0 Å². The van der Waals surface area contributed by atoms with Crippen LogP contribution in [0.1, 0.15) is 27.7 Å². The topological polar surface area (TPSA) is 124 Å². The summed E-state index contributed by atoms with van der Waals surface area (Å²) >= 11 is 0. The predicted molar refractivity (Wildman–Crippen MR) is 55.7 cm³/mol. The van der Waals surface area contributed by atoms with E-state index < -0.39 is 34.3 Å². The molecule has 0 fully saturated rings. The minimum Gasteiger partial charge on any atom is -0.372 e. The Kier molecular flexibility index (Phi) is 4.41. The largest absolute Gasteiger partial charge is 0.372 e.